The molecule has 5 heteroatoms. The van der Waals surface area contributed by atoms with Crippen molar-refractivity contribution in [1.82, 2.24) is 9.80 Å². The number of likely N-dealkylation sites (tertiary alicyclic amines) is 1. The van der Waals surface area contributed by atoms with Crippen molar-refractivity contribution in [3.63, 3.8) is 0 Å². The van der Waals surface area contributed by atoms with Gasteiger partial charge in [-0.25, -0.2) is 0 Å². The summed E-state index contributed by atoms with van der Waals surface area (Å²) < 4.78 is 6.82. The maximum Gasteiger partial charge on any atom is 0.246 e. The summed E-state index contributed by atoms with van der Waals surface area (Å²) in [5, 5.41) is 11.0. The first-order valence-corrected chi connectivity index (χ1v) is 15.1. The number of rotatable bonds is 6. The molecule has 1 saturated heterocycles. The Kier molecular flexibility index (Phi) is 6.27. The molecule has 0 aromatic heterocycles. The largest absolute Gasteiger partial charge is 0.504 e. The fraction of sp³-hybridized carbons (Fsp3) is 0.417. The summed E-state index contributed by atoms with van der Waals surface area (Å²) in [7, 11) is 1.93. The molecule has 4 aliphatic rings. The van der Waals surface area contributed by atoms with Crippen molar-refractivity contribution < 1.29 is 14.6 Å². The van der Waals surface area contributed by atoms with Gasteiger partial charge >= 0.3 is 0 Å². The van der Waals surface area contributed by atoms with Gasteiger partial charge in [0.25, 0.3) is 0 Å². The lowest BCUT2D eigenvalue weighted by Crippen LogP contribution is -2.73. The first kappa shape index (κ1) is 26.3. The molecule has 1 amide bonds. The Morgan fingerprint density at radius 2 is 1.95 bits per heavy atom. The van der Waals surface area contributed by atoms with Gasteiger partial charge < -0.3 is 14.7 Å². The number of benzene rings is 3. The number of hydrogen-bond donors (Lipinski definition) is 1. The molecular weight excluding hydrogens is 508 g/mol. The van der Waals surface area contributed by atoms with Gasteiger partial charge in [-0.15, -0.1) is 0 Å². The van der Waals surface area contributed by atoms with E-state index in [4.69, 9.17) is 4.74 Å². The van der Waals surface area contributed by atoms with E-state index in [0.717, 1.165) is 50.8 Å². The normalized spacial score (nSPS) is 29.7. The van der Waals surface area contributed by atoms with Gasteiger partial charge in [0.15, 0.2) is 11.5 Å². The minimum absolute atomic E-state index is 0.00353. The zero-order valence-corrected chi connectivity index (χ0v) is 24.3. The van der Waals surface area contributed by atoms with Gasteiger partial charge in [-0.2, -0.15) is 0 Å². The van der Waals surface area contributed by atoms with Crippen LogP contribution in [0.4, 0.5) is 0 Å². The molecule has 5 nitrogen and oxygen atoms in total. The van der Waals surface area contributed by atoms with E-state index in [0.29, 0.717) is 11.8 Å². The van der Waals surface area contributed by atoms with Crippen molar-refractivity contribution in [2.45, 2.75) is 69.6 Å². The molecule has 2 heterocycles. The Morgan fingerprint density at radius 1 is 1.12 bits per heavy atom. The highest BCUT2D eigenvalue weighted by Crippen LogP contribution is 2.69. The van der Waals surface area contributed by atoms with Crippen molar-refractivity contribution in [1.29, 1.82) is 0 Å². The fourth-order valence-corrected chi connectivity index (χ4v) is 8.86. The first-order valence-electron chi connectivity index (χ1n) is 15.1. The molecule has 2 aliphatic carbocycles. The lowest BCUT2D eigenvalue weighted by Gasteiger charge is -2.66. The molecule has 0 radical (unpaired) electrons. The minimum atomic E-state index is -0.222. The Labute approximate surface area is 243 Å². The van der Waals surface area contributed by atoms with E-state index < -0.39 is 0 Å². The molecule has 2 unspecified atom stereocenters. The monoisotopic (exact) mass is 548 g/mol. The lowest BCUT2D eigenvalue weighted by molar-refractivity contribution is -0.150. The minimum Gasteiger partial charge on any atom is -0.504 e. The summed E-state index contributed by atoms with van der Waals surface area (Å²) in [6, 6.07) is 23.3. The smallest absolute Gasteiger partial charge is 0.246 e. The SMILES string of the molecule is Cc1cccc(/C=C/C(=O)N(C)C2CC[C@@]3(C)[C@H]4Cc5ccc(O)c6c5[C@@]3(CCN4CCc3ccccc3)C2O6)c1. The van der Waals surface area contributed by atoms with Gasteiger partial charge in [-0.05, 0) is 79.8 Å². The lowest BCUT2D eigenvalue weighted by atomic mass is 9.43. The highest BCUT2D eigenvalue weighted by molar-refractivity contribution is 5.92. The van der Waals surface area contributed by atoms with Gasteiger partial charge in [0.1, 0.15) is 6.10 Å². The average molecular weight is 549 g/mol. The number of ether oxygens (including phenoxy) is 1. The molecule has 5 atom stereocenters. The summed E-state index contributed by atoms with van der Waals surface area (Å²) in [5.74, 6) is 0.887. The number of phenols is 1. The van der Waals surface area contributed by atoms with Crippen LogP contribution in [0.25, 0.3) is 6.08 Å². The van der Waals surface area contributed by atoms with Gasteiger partial charge in [0.05, 0.1) is 6.04 Å². The van der Waals surface area contributed by atoms with Gasteiger partial charge in [0, 0.05) is 36.7 Å². The Morgan fingerprint density at radius 3 is 2.76 bits per heavy atom. The van der Waals surface area contributed by atoms with Crippen LogP contribution in [-0.4, -0.2) is 59.1 Å². The third-order valence-corrected chi connectivity index (χ3v) is 10.9. The van der Waals surface area contributed by atoms with Crippen molar-refractivity contribution >= 4 is 12.0 Å². The van der Waals surface area contributed by atoms with E-state index in [2.05, 4.69) is 67.3 Å². The molecule has 2 bridgehead atoms. The standard InChI is InChI=1S/C36H40N2O3/c1-24-8-7-11-26(22-24)12-15-31(40)37(3)28-16-18-35(2)30-23-27-13-14-29(39)33-32(27)36(35,34(28)41-33)19-21-38(30)20-17-25-9-5-4-6-10-25/h4-15,22,28,30,34,39H,16-21,23H2,1-3H3/b15-12+/t28?,30-,34?,35+,36+/m1/s1. The second-order valence-corrected chi connectivity index (χ2v) is 12.9. The van der Waals surface area contributed by atoms with Gasteiger partial charge in [0.2, 0.25) is 5.91 Å². The van der Waals surface area contributed by atoms with Crippen molar-refractivity contribution in [3.05, 3.63) is 101 Å². The number of amides is 1. The maximum absolute atomic E-state index is 13.5. The zero-order valence-electron chi connectivity index (χ0n) is 24.3. The molecule has 3 aromatic rings. The predicted octanol–water partition coefficient (Wildman–Crippen LogP) is 5.91. The number of aromatic hydroxyl groups is 1. The van der Waals surface area contributed by atoms with E-state index >= 15 is 0 Å². The Hall–Kier alpha value is -3.57. The number of piperidine rings is 1. The van der Waals surface area contributed by atoms with E-state index in [9.17, 15) is 9.90 Å². The maximum atomic E-state index is 13.5. The molecule has 7 rings (SSSR count). The van der Waals surface area contributed by atoms with Crippen LogP contribution < -0.4 is 4.74 Å². The van der Waals surface area contributed by atoms with E-state index in [1.165, 1.54) is 22.3 Å². The summed E-state index contributed by atoms with van der Waals surface area (Å²) in [5.41, 5.74) is 5.89. The second kappa shape index (κ2) is 9.77. The number of aryl methyl sites for hydroxylation is 1. The van der Waals surface area contributed by atoms with Crippen molar-refractivity contribution in [3.8, 4) is 11.5 Å². The van der Waals surface area contributed by atoms with Crippen LogP contribution in [0.15, 0.2) is 72.8 Å². The number of carbonyl (C=O) groups is 1. The van der Waals surface area contributed by atoms with Crippen LogP contribution in [0.2, 0.25) is 0 Å². The third kappa shape index (κ3) is 3.96. The van der Waals surface area contributed by atoms with Crippen LogP contribution in [0.3, 0.4) is 0 Å². The molecule has 1 saturated carbocycles. The highest BCUT2D eigenvalue weighted by Gasteiger charge is 2.71. The van der Waals surface area contributed by atoms with E-state index in [-0.39, 0.29) is 34.6 Å². The van der Waals surface area contributed by atoms with E-state index in [1.807, 2.05) is 36.2 Å². The number of likely N-dealkylation sites (N-methyl/N-ethyl adjacent to an activating group) is 1. The van der Waals surface area contributed by atoms with Crippen LogP contribution in [0, 0.1) is 12.3 Å². The van der Waals surface area contributed by atoms with Crippen molar-refractivity contribution in [2.24, 2.45) is 5.41 Å². The van der Waals surface area contributed by atoms with Gasteiger partial charge in [-0.3, -0.25) is 9.69 Å². The number of nitrogens with zero attached hydrogens (tertiary/aromatic N) is 2. The number of hydrogen-bond acceptors (Lipinski definition) is 4. The first-order chi connectivity index (χ1) is 19.8. The summed E-state index contributed by atoms with van der Waals surface area (Å²) in [4.78, 5) is 18.2. The third-order valence-electron chi connectivity index (χ3n) is 10.9. The molecular formula is C36H40N2O3. The Balaban J connectivity index is 1.21. The van der Waals surface area contributed by atoms with Crippen LogP contribution in [0.1, 0.15) is 54.0 Å². The quantitative estimate of drug-likeness (QED) is 0.389. The molecule has 1 spiro atoms. The topological polar surface area (TPSA) is 53.0 Å². The molecule has 2 fully saturated rings. The second-order valence-electron chi connectivity index (χ2n) is 12.9. The van der Waals surface area contributed by atoms with Crippen LogP contribution in [-0.2, 0) is 23.1 Å². The predicted molar refractivity (Wildman–Crippen MR) is 162 cm³/mol. The van der Waals surface area contributed by atoms with Gasteiger partial charge in [-0.1, -0.05) is 73.2 Å². The van der Waals surface area contributed by atoms with Crippen LogP contribution >= 0.6 is 0 Å². The molecule has 41 heavy (non-hydrogen) atoms. The van der Waals surface area contributed by atoms with E-state index in [1.54, 1.807) is 6.08 Å². The molecule has 212 valence electrons. The summed E-state index contributed by atoms with van der Waals surface area (Å²) >= 11 is 0. The molecule has 2 aliphatic heterocycles. The highest BCUT2D eigenvalue weighted by atomic mass is 16.5. The van der Waals surface area contributed by atoms with Crippen LogP contribution in [0.5, 0.6) is 11.5 Å². The fourth-order valence-electron chi connectivity index (χ4n) is 8.86. The molecule has 3 aromatic carbocycles. The average Bonchev–Trinajstić information content (AvgIpc) is 3.33. The number of carbonyl (C=O) groups excluding carboxylic acids is 1. The van der Waals surface area contributed by atoms with Crippen molar-refractivity contribution in [2.75, 3.05) is 20.1 Å². The number of phenolic OH excluding ortho intramolecular Hbond substituents is 1. The molecule has 1 N–H and O–H groups in total. The summed E-state index contributed by atoms with van der Waals surface area (Å²) in [6.07, 6.45) is 8.33. The zero-order chi connectivity index (χ0) is 28.4. The Bertz CT molecular complexity index is 1520. The summed E-state index contributed by atoms with van der Waals surface area (Å²) in [6.45, 7) is 6.57.